The number of carbonyl (C=O) groups excluding carboxylic acids is 2. The van der Waals surface area contributed by atoms with Crippen LogP contribution in [-0.4, -0.2) is 30.5 Å². The van der Waals surface area contributed by atoms with Crippen LogP contribution >= 0.6 is 11.8 Å². The van der Waals surface area contributed by atoms with Gasteiger partial charge in [-0.3, -0.25) is 9.59 Å². The van der Waals surface area contributed by atoms with Gasteiger partial charge >= 0.3 is 5.97 Å². The van der Waals surface area contributed by atoms with E-state index in [9.17, 15) is 9.59 Å². The van der Waals surface area contributed by atoms with Crippen molar-refractivity contribution in [3.8, 4) is 6.07 Å². The van der Waals surface area contributed by atoms with Crippen LogP contribution in [0.15, 0.2) is 24.3 Å². The Balaban J connectivity index is 2.20. The first-order valence-electron chi connectivity index (χ1n) is 6.10. The van der Waals surface area contributed by atoms with Crippen LogP contribution < -0.4 is 5.32 Å². The van der Waals surface area contributed by atoms with E-state index in [1.165, 1.54) is 18.9 Å². The lowest BCUT2D eigenvalue weighted by Crippen LogP contribution is -2.11. The van der Waals surface area contributed by atoms with Crippen molar-refractivity contribution in [1.29, 1.82) is 5.26 Å². The Hall–Kier alpha value is -2.00. The monoisotopic (exact) mass is 292 g/mol. The van der Waals surface area contributed by atoms with E-state index in [0.717, 1.165) is 5.75 Å². The number of nitriles is 1. The molecular weight excluding hydrogens is 276 g/mol. The predicted octanol–water partition coefficient (Wildman–Crippen LogP) is 2.18. The number of nitrogens with zero attached hydrogens (tertiary/aromatic N) is 1. The molecule has 0 aromatic heterocycles. The van der Waals surface area contributed by atoms with Gasteiger partial charge in [-0.2, -0.15) is 17.0 Å². The number of thioether (sulfide) groups is 1. The third kappa shape index (κ3) is 6.25. The Morgan fingerprint density at radius 2 is 2.05 bits per heavy atom. The highest BCUT2D eigenvalue weighted by atomic mass is 32.2. The number of methoxy groups -OCH3 is 1. The van der Waals surface area contributed by atoms with Crippen LogP contribution in [0, 0.1) is 11.3 Å². The van der Waals surface area contributed by atoms with Gasteiger partial charge < -0.3 is 10.1 Å². The topological polar surface area (TPSA) is 79.2 Å². The first kappa shape index (κ1) is 16.1. The van der Waals surface area contributed by atoms with E-state index < -0.39 is 0 Å². The molecule has 106 valence electrons. The van der Waals surface area contributed by atoms with Crippen molar-refractivity contribution in [3.63, 3.8) is 0 Å². The number of amides is 1. The van der Waals surface area contributed by atoms with Crippen molar-refractivity contribution in [2.24, 2.45) is 0 Å². The second-order valence-electron chi connectivity index (χ2n) is 3.97. The SMILES string of the molecule is COC(=O)CSCCCC(=O)Nc1ccc(C#N)cc1. The normalized spacial score (nSPS) is 9.60. The van der Waals surface area contributed by atoms with Gasteiger partial charge in [0, 0.05) is 12.1 Å². The molecule has 6 heteroatoms. The summed E-state index contributed by atoms with van der Waals surface area (Å²) in [6, 6.07) is 8.72. The lowest BCUT2D eigenvalue weighted by molar-refractivity contribution is -0.137. The molecule has 0 saturated heterocycles. The summed E-state index contributed by atoms with van der Waals surface area (Å²) in [5, 5.41) is 11.4. The highest BCUT2D eigenvalue weighted by Gasteiger charge is 2.04. The van der Waals surface area contributed by atoms with Crippen LogP contribution in [0.4, 0.5) is 5.69 Å². The molecule has 1 N–H and O–H groups in total. The molecule has 0 radical (unpaired) electrons. The number of benzene rings is 1. The molecule has 0 atom stereocenters. The van der Waals surface area contributed by atoms with Gasteiger partial charge in [-0.05, 0) is 36.4 Å². The molecule has 0 spiro atoms. The second-order valence-corrected chi connectivity index (χ2v) is 5.07. The molecule has 0 aliphatic heterocycles. The fourth-order valence-corrected chi connectivity index (χ4v) is 2.18. The average molecular weight is 292 g/mol. The van der Waals surface area contributed by atoms with E-state index in [1.54, 1.807) is 24.3 Å². The minimum atomic E-state index is -0.253. The van der Waals surface area contributed by atoms with Crippen molar-refractivity contribution in [2.75, 3.05) is 23.9 Å². The van der Waals surface area contributed by atoms with Crippen molar-refractivity contribution < 1.29 is 14.3 Å². The van der Waals surface area contributed by atoms with Gasteiger partial charge in [-0.1, -0.05) is 0 Å². The van der Waals surface area contributed by atoms with Crippen molar-refractivity contribution in [3.05, 3.63) is 29.8 Å². The van der Waals surface area contributed by atoms with Crippen LogP contribution in [0.25, 0.3) is 0 Å². The zero-order chi connectivity index (χ0) is 14.8. The molecule has 0 bridgehead atoms. The maximum atomic E-state index is 11.6. The van der Waals surface area contributed by atoms with E-state index in [0.29, 0.717) is 29.8 Å². The maximum Gasteiger partial charge on any atom is 0.315 e. The summed E-state index contributed by atoms with van der Waals surface area (Å²) in [6.45, 7) is 0. The Morgan fingerprint density at radius 1 is 1.35 bits per heavy atom. The smallest absolute Gasteiger partial charge is 0.315 e. The molecule has 20 heavy (non-hydrogen) atoms. The van der Waals surface area contributed by atoms with E-state index in [1.807, 2.05) is 6.07 Å². The number of ether oxygens (including phenoxy) is 1. The molecule has 1 rings (SSSR count). The molecule has 0 fully saturated rings. The number of hydrogen-bond acceptors (Lipinski definition) is 5. The van der Waals surface area contributed by atoms with Crippen LogP contribution in [0.3, 0.4) is 0 Å². The summed E-state index contributed by atoms with van der Waals surface area (Å²) in [6.07, 6.45) is 1.10. The lowest BCUT2D eigenvalue weighted by Gasteiger charge is -2.05. The number of rotatable bonds is 7. The first-order valence-corrected chi connectivity index (χ1v) is 7.25. The summed E-state index contributed by atoms with van der Waals surface area (Å²) >= 11 is 1.45. The van der Waals surface area contributed by atoms with Gasteiger partial charge in [0.2, 0.25) is 5.91 Å². The quantitative estimate of drug-likeness (QED) is 0.615. The second kappa shape index (κ2) is 8.99. The molecule has 0 saturated carbocycles. The summed E-state index contributed by atoms with van der Waals surface area (Å²) in [4.78, 5) is 22.5. The Labute approximate surface area is 122 Å². The molecule has 1 aromatic carbocycles. The van der Waals surface area contributed by atoms with Gasteiger partial charge in [0.1, 0.15) is 0 Å². The largest absolute Gasteiger partial charge is 0.468 e. The van der Waals surface area contributed by atoms with Crippen LogP contribution in [0.1, 0.15) is 18.4 Å². The molecule has 1 amide bonds. The molecular formula is C14H16N2O3S. The van der Waals surface area contributed by atoms with Gasteiger partial charge in [-0.25, -0.2) is 0 Å². The zero-order valence-electron chi connectivity index (χ0n) is 11.2. The molecule has 0 unspecified atom stereocenters. The molecule has 0 aliphatic rings. The Kier molecular flexibility index (Phi) is 7.22. The minimum absolute atomic E-state index is 0.0756. The minimum Gasteiger partial charge on any atom is -0.468 e. The lowest BCUT2D eigenvalue weighted by atomic mass is 10.2. The Bertz CT molecular complexity index is 494. The van der Waals surface area contributed by atoms with Crippen molar-refractivity contribution in [2.45, 2.75) is 12.8 Å². The number of carbonyl (C=O) groups is 2. The Morgan fingerprint density at radius 3 is 2.65 bits per heavy atom. The molecule has 0 heterocycles. The van der Waals surface area contributed by atoms with E-state index >= 15 is 0 Å². The third-order valence-electron chi connectivity index (χ3n) is 2.44. The number of esters is 1. The van der Waals surface area contributed by atoms with Crippen LogP contribution in [0.2, 0.25) is 0 Å². The summed E-state index contributed by atoms with van der Waals surface area (Å²) in [5.74, 6) is 0.717. The first-order chi connectivity index (χ1) is 9.65. The highest BCUT2D eigenvalue weighted by molar-refractivity contribution is 7.99. The third-order valence-corrected chi connectivity index (χ3v) is 3.46. The molecule has 1 aromatic rings. The summed E-state index contributed by atoms with van der Waals surface area (Å²) in [7, 11) is 1.36. The summed E-state index contributed by atoms with van der Waals surface area (Å²) < 4.78 is 4.51. The van der Waals surface area contributed by atoms with E-state index in [-0.39, 0.29) is 11.9 Å². The number of nitrogens with one attached hydrogen (secondary N) is 1. The molecule has 0 aliphatic carbocycles. The van der Waals surface area contributed by atoms with Crippen molar-refractivity contribution >= 4 is 29.3 Å². The van der Waals surface area contributed by atoms with Crippen molar-refractivity contribution in [1.82, 2.24) is 0 Å². The van der Waals surface area contributed by atoms with E-state index in [4.69, 9.17) is 5.26 Å². The fraction of sp³-hybridized carbons (Fsp3) is 0.357. The fourth-order valence-electron chi connectivity index (χ4n) is 1.40. The summed E-state index contributed by atoms with van der Waals surface area (Å²) in [5.41, 5.74) is 1.23. The van der Waals surface area contributed by atoms with Gasteiger partial charge in [0.25, 0.3) is 0 Å². The number of anilines is 1. The van der Waals surface area contributed by atoms with Gasteiger partial charge in [-0.15, -0.1) is 0 Å². The predicted molar refractivity (Wildman–Crippen MR) is 78.4 cm³/mol. The van der Waals surface area contributed by atoms with Gasteiger partial charge in [0.05, 0.1) is 24.5 Å². The zero-order valence-corrected chi connectivity index (χ0v) is 12.0. The van der Waals surface area contributed by atoms with Gasteiger partial charge in [0.15, 0.2) is 0 Å². The van der Waals surface area contributed by atoms with Crippen LogP contribution in [-0.2, 0) is 14.3 Å². The van der Waals surface area contributed by atoms with Crippen LogP contribution in [0.5, 0.6) is 0 Å². The van der Waals surface area contributed by atoms with E-state index in [2.05, 4.69) is 10.1 Å². The number of hydrogen-bond donors (Lipinski definition) is 1. The maximum absolute atomic E-state index is 11.6. The standard InChI is InChI=1S/C14H16N2O3S/c1-19-14(18)10-20-8-2-3-13(17)16-12-6-4-11(9-15)5-7-12/h4-7H,2-3,8,10H2,1H3,(H,16,17). The molecule has 5 nitrogen and oxygen atoms in total. The highest BCUT2D eigenvalue weighted by Crippen LogP contribution is 2.10. The average Bonchev–Trinajstić information content (AvgIpc) is 2.47.